The van der Waals surface area contributed by atoms with Crippen LogP contribution in [0.2, 0.25) is 0 Å². The average molecular weight is 505 g/mol. The van der Waals surface area contributed by atoms with Gasteiger partial charge in [0, 0.05) is 42.3 Å². The number of benzene rings is 5. The molecular formula is C37H32N2. The average Bonchev–Trinajstić information content (AvgIpc) is 3.02. The Balaban J connectivity index is 1.67. The van der Waals surface area contributed by atoms with Gasteiger partial charge in [-0.25, -0.2) is 0 Å². The lowest BCUT2D eigenvalue weighted by Crippen LogP contribution is -2.22. The topological polar surface area (TPSA) is 16.1 Å². The van der Waals surface area contributed by atoms with Gasteiger partial charge in [0.05, 0.1) is 0 Å². The van der Waals surface area contributed by atoms with Crippen LogP contribution in [0.3, 0.4) is 0 Å². The van der Waals surface area contributed by atoms with E-state index in [4.69, 9.17) is 0 Å². The highest BCUT2D eigenvalue weighted by molar-refractivity contribution is 6.07. The molecule has 0 aliphatic rings. The van der Waals surface area contributed by atoms with Gasteiger partial charge < -0.3 is 4.90 Å². The third kappa shape index (κ3) is 4.82. The van der Waals surface area contributed by atoms with Crippen LogP contribution in [0.1, 0.15) is 13.8 Å². The largest absolute Gasteiger partial charge is 0.371 e. The van der Waals surface area contributed by atoms with Gasteiger partial charge in [0.2, 0.25) is 0 Å². The highest BCUT2D eigenvalue weighted by Gasteiger charge is 2.18. The summed E-state index contributed by atoms with van der Waals surface area (Å²) < 4.78 is 0. The number of anilines is 1. The lowest BCUT2D eigenvalue weighted by Gasteiger charge is -2.25. The summed E-state index contributed by atoms with van der Waals surface area (Å²) in [6, 6.07) is 43.7. The quantitative estimate of drug-likeness (QED) is 0.215. The van der Waals surface area contributed by atoms with E-state index in [1.165, 1.54) is 61.0 Å². The van der Waals surface area contributed by atoms with Crippen LogP contribution in [-0.2, 0) is 0 Å². The molecule has 190 valence electrons. The summed E-state index contributed by atoms with van der Waals surface area (Å²) in [5.74, 6) is 0. The monoisotopic (exact) mass is 504 g/mol. The van der Waals surface area contributed by atoms with Crippen molar-refractivity contribution >= 4 is 16.5 Å². The van der Waals surface area contributed by atoms with Gasteiger partial charge in [-0.15, -0.1) is 0 Å². The molecule has 0 aliphatic heterocycles. The zero-order valence-corrected chi connectivity index (χ0v) is 22.5. The van der Waals surface area contributed by atoms with Crippen LogP contribution in [0.5, 0.6) is 0 Å². The second-order valence-electron chi connectivity index (χ2n) is 9.81. The molecule has 0 N–H and O–H groups in total. The number of fused-ring (bicyclic) bond motifs is 1. The normalized spacial score (nSPS) is 11.0. The number of hydrogen-bond acceptors (Lipinski definition) is 2. The Morgan fingerprint density at radius 1 is 0.538 bits per heavy atom. The molecule has 0 fully saturated rings. The second kappa shape index (κ2) is 11.0. The van der Waals surface area contributed by atoms with Crippen LogP contribution in [0.4, 0.5) is 5.69 Å². The van der Waals surface area contributed by atoms with Gasteiger partial charge in [-0.1, -0.05) is 97.1 Å². The van der Waals surface area contributed by atoms with Crippen LogP contribution in [-0.4, -0.2) is 18.1 Å². The van der Waals surface area contributed by atoms with Crippen molar-refractivity contribution in [2.45, 2.75) is 13.8 Å². The van der Waals surface area contributed by atoms with Gasteiger partial charge >= 0.3 is 0 Å². The Morgan fingerprint density at radius 3 is 1.77 bits per heavy atom. The van der Waals surface area contributed by atoms with Crippen LogP contribution in [0, 0.1) is 0 Å². The summed E-state index contributed by atoms with van der Waals surface area (Å²) in [4.78, 5) is 7.03. The smallest absolute Gasteiger partial charge is 0.0477 e. The molecule has 1 heterocycles. The Morgan fingerprint density at radius 2 is 1.13 bits per heavy atom. The van der Waals surface area contributed by atoms with Gasteiger partial charge in [0.1, 0.15) is 0 Å². The number of hydrogen-bond donors (Lipinski definition) is 0. The Kier molecular flexibility index (Phi) is 6.93. The predicted octanol–water partition coefficient (Wildman–Crippen LogP) is 9.75. The van der Waals surface area contributed by atoms with E-state index in [2.05, 4.69) is 145 Å². The molecule has 0 atom stereocenters. The number of nitrogens with zero attached hydrogens (tertiary/aromatic N) is 2. The van der Waals surface area contributed by atoms with Gasteiger partial charge in [-0.2, -0.15) is 0 Å². The summed E-state index contributed by atoms with van der Waals surface area (Å²) in [5, 5.41) is 2.47. The number of rotatable bonds is 7. The molecule has 2 nitrogen and oxygen atoms in total. The van der Waals surface area contributed by atoms with Crippen molar-refractivity contribution in [2.24, 2.45) is 0 Å². The molecule has 0 unspecified atom stereocenters. The SMILES string of the molecule is CCN(CC)c1ccncc1-c1c(-c2cc(-c3ccccc3)cc(-c3ccccc3)c2)ccc2ccccc12. The molecule has 1 aromatic heterocycles. The van der Waals surface area contributed by atoms with Gasteiger partial charge in [0.25, 0.3) is 0 Å². The molecule has 0 saturated heterocycles. The van der Waals surface area contributed by atoms with Crippen molar-refractivity contribution in [1.29, 1.82) is 0 Å². The summed E-state index contributed by atoms with van der Waals surface area (Å²) in [6.07, 6.45) is 3.95. The first-order valence-electron chi connectivity index (χ1n) is 13.7. The van der Waals surface area contributed by atoms with E-state index in [0.29, 0.717) is 0 Å². The van der Waals surface area contributed by atoms with E-state index < -0.39 is 0 Å². The fourth-order valence-corrected chi connectivity index (χ4v) is 5.60. The first kappa shape index (κ1) is 24.6. The third-order valence-corrected chi connectivity index (χ3v) is 7.56. The molecule has 2 heteroatoms. The molecule has 0 aliphatic carbocycles. The molecule has 6 rings (SSSR count). The fraction of sp³-hybridized carbons (Fsp3) is 0.108. The molecule has 5 aromatic carbocycles. The Hall–Kier alpha value is -4.69. The lowest BCUT2D eigenvalue weighted by atomic mass is 9.87. The van der Waals surface area contributed by atoms with Crippen molar-refractivity contribution in [3.8, 4) is 44.5 Å². The number of aromatic nitrogens is 1. The Bertz CT molecular complexity index is 1660. The standard InChI is InChI=1S/C37H32N2/c1-3-39(4-2)36-21-22-38-26-35(36)37-33-18-12-11-17-29(33)19-20-34(37)32-24-30(27-13-7-5-8-14-27)23-31(25-32)28-15-9-6-10-16-28/h5-26H,3-4H2,1-2H3. The van der Waals surface area contributed by atoms with E-state index in [1.54, 1.807) is 0 Å². The molecule has 0 radical (unpaired) electrons. The maximum atomic E-state index is 4.62. The lowest BCUT2D eigenvalue weighted by molar-refractivity contribution is 0.866. The number of pyridine rings is 1. The first-order valence-corrected chi connectivity index (χ1v) is 13.7. The van der Waals surface area contributed by atoms with Crippen LogP contribution in [0.25, 0.3) is 55.3 Å². The van der Waals surface area contributed by atoms with Gasteiger partial charge in [-0.05, 0) is 82.3 Å². The van der Waals surface area contributed by atoms with Crippen LogP contribution >= 0.6 is 0 Å². The molecule has 0 saturated carbocycles. The minimum absolute atomic E-state index is 0.940. The molecule has 0 amide bonds. The predicted molar refractivity (Wildman–Crippen MR) is 167 cm³/mol. The summed E-state index contributed by atoms with van der Waals surface area (Å²) in [6.45, 7) is 6.31. The van der Waals surface area contributed by atoms with Crippen molar-refractivity contribution in [2.75, 3.05) is 18.0 Å². The summed E-state index contributed by atoms with van der Waals surface area (Å²) >= 11 is 0. The maximum Gasteiger partial charge on any atom is 0.0477 e. The van der Waals surface area contributed by atoms with E-state index in [-0.39, 0.29) is 0 Å². The van der Waals surface area contributed by atoms with E-state index in [0.717, 1.165) is 13.1 Å². The molecule has 6 aromatic rings. The Labute approximate surface area is 231 Å². The fourth-order valence-electron chi connectivity index (χ4n) is 5.60. The minimum Gasteiger partial charge on any atom is -0.371 e. The molecule has 39 heavy (non-hydrogen) atoms. The van der Waals surface area contributed by atoms with Gasteiger partial charge in [-0.3, -0.25) is 4.98 Å². The highest BCUT2D eigenvalue weighted by atomic mass is 15.1. The first-order chi connectivity index (χ1) is 19.3. The minimum atomic E-state index is 0.940. The molecule has 0 spiro atoms. The van der Waals surface area contributed by atoms with Crippen molar-refractivity contribution < 1.29 is 0 Å². The summed E-state index contributed by atoms with van der Waals surface area (Å²) in [5.41, 5.74) is 10.9. The van der Waals surface area contributed by atoms with Crippen LogP contribution < -0.4 is 4.90 Å². The molecule has 0 bridgehead atoms. The van der Waals surface area contributed by atoms with Crippen molar-refractivity contribution in [1.82, 2.24) is 4.98 Å². The van der Waals surface area contributed by atoms with E-state index in [9.17, 15) is 0 Å². The van der Waals surface area contributed by atoms with E-state index >= 15 is 0 Å². The van der Waals surface area contributed by atoms with Crippen LogP contribution in [0.15, 0.2) is 134 Å². The zero-order chi connectivity index (χ0) is 26.6. The zero-order valence-electron chi connectivity index (χ0n) is 22.5. The second-order valence-corrected chi connectivity index (χ2v) is 9.81. The van der Waals surface area contributed by atoms with Crippen molar-refractivity contribution in [3.05, 3.63) is 134 Å². The summed E-state index contributed by atoms with van der Waals surface area (Å²) in [7, 11) is 0. The molecular weight excluding hydrogens is 472 g/mol. The van der Waals surface area contributed by atoms with Crippen molar-refractivity contribution in [3.63, 3.8) is 0 Å². The van der Waals surface area contributed by atoms with E-state index in [1.807, 2.05) is 12.4 Å². The maximum absolute atomic E-state index is 4.62. The van der Waals surface area contributed by atoms with Gasteiger partial charge in [0.15, 0.2) is 0 Å². The third-order valence-electron chi connectivity index (χ3n) is 7.56. The highest BCUT2D eigenvalue weighted by Crippen LogP contribution is 2.43.